The van der Waals surface area contributed by atoms with E-state index in [0.29, 0.717) is 5.15 Å². The van der Waals surface area contributed by atoms with Crippen molar-refractivity contribution in [3.63, 3.8) is 0 Å². The van der Waals surface area contributed by atoms with Crippen LogP contribution in [0, 0.1) is 0 Å². The second-order valence-corrected chi connectivity index (χ2v) is 5.38. The van der Waals surface area contributed by atoms with Crippen molar-refractivity contribution in [3.8, 4) is 0 Å². The molecule has 3 heteroatoms. The summed E-state index contributed by atoms with van der Waals surface area (Å²) in [6, 6.07) is 10.5. The van der Waals surface area contributed by atoms with Gasteiger partial charge >= 0.3 is 0 Å². The molecule has 0 spiro atoms. The van der Waals surface area contributed by atoms with Crippen LogP contribution >= 0.6 is 11.6 Å². The molecule has 98 valence electrons. The van der Waals surface area contributed by atoms with E-state index in [-0.39, 0.29) is 0 Å². The smallest absolute Gasteiger partial charge is 0.140 e. The number of nitrogens with zero attached hydrogens (tertiary/aromatic N) is 1. The molecule has 19 heavy (non-hydrogen) atoms. The molecule has 2 aromatic heterocycles. The molecule has 0 saturated heterocycles. The Bertz CT molecular complexity index is 715. The van der Waals surface area contributed by atoms with Crippen molar-refractivity contribution in [2.75, 3.05) is 0 Å². The van der Waals surface area contributed by atoms with Crippen LogP contribution in [0.25, 0.3) is 21.9 Å². The zero-order valence-electron chi connectivity index (χ0n) is 11.0. The molecule has 0 aliphatic carbocycles. The van der Waals surface area contributed by atoms with Gasteiger partial charge in [0, 0.05) is 16.3 Å². The number of aromatic amines is 1. The van der Waals surface area contributed by atoms with Crippen molar-refractivity contribution in [1.29, 1.82) is 0 Å². The van der Waals surface area contributed by atoms with Crippen molar-refractivity contribution in [1.82, 2.24) is 9.97 Å². The average Bonchev–Trinajstić information content (AvgIpc) is 2.76. The van der Waals surface area contributed by atoms with E-state index in [0.717, 1.165) is 23.0 Å². The highest BCUT2D eigenvalue weighted by Crippen LogP contribution is 2.26. The molecule has 2 nitrogen and oxygen atoms in total. The zero-order chi connectivity index (χ0) is 13.2. The summed E-state index contributed by atoms with van der Waals surface area (Å²) < 4.78 is 0. The summed E-state index contributed by atoms with van der Waals surface area (Å²) in [7, 11) is 0. The number of H-pyrrole nitrogens is 1. The zero-order valence-corrected chi connectivity index (χ0v) is 11.8. The van der Waals surface area contributed by atoms with Gasteiger partial charge in [-0.3, -0.25) is 0 Å². The van der Waals surface area contributed by atoms with Gasteiger partial charge < -0.3 is 4.98 Å². The molecular weight excluding hydrogens is 256 g/mol. The lowest BCUT2D eigenvalue weighted by atomic mass is 10.0. The monoisotopic (exact) mass is 272 g/mol. The van der Waals surface area contributed by atoms with E-state index in [1.54, 1.807) is 0 Å². The van der Waals surface area contributed by atoms with E-state index in [4.69, 9.17) is 11.6 Å². The predicted molar refractivity (Wildman–Crippen MR) is 81.8 cm³/mol. The maximum Gasteiger partial charge on any atom is 0.140 e. The van der Waals surface area contributed by atoms with E-state index < -0.39 is 0 Å². The van der Waals surface area contributed by atoms with Gasteiger partial charge in [-0.25, -0.2) is 4.98 Å². The number of unbranched alkanes of at least 4 members (excludes halogenated alkanes) is 2. The van der Waals surface area contributed by atoms with Crippen molar-refractivity contribution >= 4 is 33.5 Å². The number of aryl methyl sites for hydroxylation is 1. The molecule has 0 saturated carbocycles. The van der Waals surface area contributed by atoms with Gasteiger partial charge in [-0.05, 0) is 42.7 Å². The van der Waals surface area contributed by atoms with Gasteiger partial charge in [-0.15, -0.1) is 0 Å². The third-order valence-electron chi connectivity index (χ3n) is 3.56. The number of aromatic nitrogens is 2. The molecule has 0 unspecified atom stereocenters. The summed E-state index contributed by atoms with van der Waals surface area (Å²) in [5.41, 5.74) is 3.40. The van der Waals surface area contributed by atoms with Crippen LogP contribution in [-0.2, 0) is 6.42 Å². The molecule has 0 aliphatic rings. The molecule has 0 fully saturated rings. The summed E-state index contributed by atoms with van der Waals surface area (Å²) in [5.74, 6) is 0. The van der Waals surface area contributed by atoms with Crippen molar-refractivity contribution in [2.24, 2.45) is 0 Å². The van der Waals surface area contributed by atoms with Crippen LogP contribution in [0.4, 0.5) is 0 Å². The highest BCUT2D eigenvalue weighted by molar-refractivity contribution is 6.30. The van der Waals surface area contributed by atoms with Crippen LogP contribution in [0.15, 0.2) is 30.3 Å². The van der Waals surface area contributed by atoms with Crippen LogP contribution in [-0.4, -0.2) is 9.97 Å². The lowest BCUT2D eigenvalue weighted by molar-refractivity contribution is 0.718. The van der Waals surface area contributed by atoms with E-state index in [2.05, 4.69) is 35.1 Å². The van der Waals surface area contributed by atoms with E-state index >= 15 is 0 Å². The SMILES string of the molecule is CCCCCc1ccc2[nH]c3nc(Cl)ccc3c2c1. The first-order chi connectivity index (χ1) is 9.28. The van der Waals surface area contributed by atoms with Crippen molar-refractivity contribution < 1.29 is 0 Å². The van der Waals surface area contributed by atoms with E-state index in [9.17, 15) is 0 Å². The lowest BCUT2D eigenvalue weighted by Crippen LogP contribution is -1.84. The number of fused-ring (bicyclic) bond motifs is 3. The Hall–Kier alpha value is -1.54. The number of pyridine rings is 1. The molecule has 3 rings (SSSR count). The van der Waals surface area contributed by atoms with Gasteiger partial charge in [0.05, 0.1) is 0 Å². The average molecular weight is 273 g/mol. The maximum absolute atomic E-state index is 5.93. The summed E-state index contributed by atoms with van der Waals surface area (Å²) in [6.45, 7) is 2.23. The van der Waals surface area contributed by atoms with Crippen LogP contribution in [0.2, 0.25) is 5.15 Å². The summed E-state index contributed by atoms with van der Waals surface area (Å²) >= 11 is 5.93. The van der Waals surface area contributed by atoms with Crippen LogP contribution in [0.5, 0.6) is 0 Å². The van der Waals surface area contributed by atoms with Gasteiger partial charge in [0.2, 0.25) is 0 Å². The van der Waals surface area contributed by atoms with Gasteiger partial charge in [-0.2, -0.15) is 0 Å². The third-order valence-corrected chi connectivity index (χ3v) is 3.77. The standard InChI is InChI=1S/C16H17ClN2/c1-2-3-4-5-11-6-8-14-13(10-11)12-7-9-15(17)19-16(12)18-14/h6-10H,2-5H2,1H3,(H,18,19). The van der Waals surface area contributed by atoms with Crippen LogP contribution < -0.4 is 0 Å². The molecule has 0 bridgehead atoms. The predicted octanol–water partition coefficient (Wildman–Crippen LogP) is 5.10. The topological polar surface area (TPSA) is 28.7 Å². The Morgan fingerprint density at radius 3 is 2.84 bits per heavy atom. The molecule has 0 aliphatic heterocycles. The Morgan fingerprint density at radius 1 is 1.11 bits per heavy atom. The van der Waals surface area contributed by atoms with E-state index in [1.807, 2.05) is 12.1 Å². The number of nitrogens with one attached hydrogen (secondary N) is 1. The Labute approximate surface area is 117 Å². The molecule has 0 amide bonds. The molecule has 2 heterocycles. The van der Waals surface area contributed by atoms with Crippen LogP contribution in [0.1, 0.15) is 31.7 Å². The van der Waals surface area contributed by atoms with E-state index in [1.165, 1.54) is 30.2 Å². The maximum atomic E-state index is 5.93. The number of rotatable bonds is 4. The second-order valence-electron chi connectivity index (χ2n) is 4.99. The minimum Gasteiger partial charge on any atom is -0.339 e. The van der Waals surface area contributed by atoms with Gasteiger partial charge in [0.15, 0.2) is 0 Å². The third kappa shape index (κ3) is 2.45. The number of hydrogen-bond donors (Lipinski definition) is 1. The highest BCUT2D eigenvalue weighted by atomic mass is 35.5. The van der Waals surface area contributed by atoms with Gasteiger partial charge in [0.1, 0.15) is 10.8 Å². The molecule has 1 N–H and O–H groups in total. The first kappa shape index (κ1) is 12.5. The first-order valence-corrected chi connectivity index (χ1v) is 7.22. The normalized spacial score (nSPS) is 11.5. The Kier molecular flexibility index (Phi) is 3.43. The second kappa shape index (κ2) is 5.22. The number of halogens is 1. The molecule has 1 aromatic carbocycles. The lowest BCUT2D eigenvalue weighted by Gasteiger charge is -2.01. The Balaban J connectivity index is 2.03. The molecule has 3 aromatic rings. The summed E-state index contributed by atoms with van der Waals surface area (Å²) in [4.78, 5) is 7.65. The first-order valence-electron chi connectivity index (χ1n) is 6.85. The fourth-order valence-corrected chi connectivity index (χ4v) is 2.68. The summed E-state index contributed by atoms with van der Waals surface area (Å²) in [5, 5.41) is 2.92. The summed E-state index contributed by atoms with van der Waals surface area (Å²) in [6.07, 6.45) is 4.97. The van der Waals surface area contributed by atoms with Gasteiger partial charge in [0.25, 0.3) is 0 Å². The number of benzene rings is 1. The van der Waals surface area contributed by atoms with Crippen molar-refractivity contribution in [2.45, 2.75) is 32.6 Å². The molecular formula is C16H17ClN2. The Morgan fingerprint density at radius 2 is 2.00 bits per heavy atom. The number of hydrogen-bond acceptors (Lipinski definition) is 1. The fraction of sp³-hybridized carbons (Fsp3) is 0.312. The van der Waals surface area contributed by atoms with Crippen molar-refractivity contribution in [3.05, 3.63) is 41.0 Å². The highest BCUT2D eigenvalue weighted by Gasteiger charge is 2.06. The molecule has 0 atom stereocenters. The minimum atomic E-state index is 0.530. The molecule has 0 radical (unpaired) electrons. The minimum absolute atomic E-state index is 0.530. The van der Waals surface area contributed by atoms with Crippen LogP contribution in [0.3, 0.4) is 0 Å². The quantitative estimate of drug-likeness (QED) is 0.519. The fourth-order valence-electron chi connectivity index (χ4n) is 2.53. The van der Waals surface area contributed by atoms with Gasteiger partial charge in [-0.1, -0.05) is 37.4 Å². The largest absolute Gasteiger partial charge is 0.339 e.